The van der Waals surface area contributed by atoms with Crippen LogP contribution in [-0.2, 0) is 6.54 Å². The van der Waals surface area contributed by atoms with E-state index in [-0.39, 0.29) is 5.43 Å². The SMILES string of the molecule is CC[NH+]1CC[NH+](Cc2c(C)[nH]c3cc(C)cc(C)c3c2=O)CC1. The Balaban J connectivity index is 1.94. The summed E-state index contributed by atoms with van der Waals surface area (Å²) in [6.45, 7) is 15.2. The van der Waals surface area contributed by atoms with Crippen LogP contribution in [0.4, 0.5) is 0 Å². The largest absolute Gasteiger partial charge is 0.358 e. The van der Waals surface area contributed by atoms with Crippen LogP contribution in [0.25, 0.3) is 10.9 Å². The Morgan fingerprint density at radius 1 is 1.04 bits per heavy atom. The molecule has 4 heteroatoms. The fourth-order valence-corrected chi connectivity index (χ4v) is 3.92. The normalized spacial score (nSPS) is 21.7. The van der Waals surface area contributed by atoms with Crippen LogP contribution in [0.3, 0.4) is 0 Å². The number of quaternary nitrogens is 2. The molecule has 1 saturated heterocycles. The van der Waals surface area contributed by atoms with E-state index in [1.807, 2.05) is 13.8 Å². The lowest BCUT2D eigenvalue weighted by Gasteiger charge is -2.29. The number of pyridine rings is 1. The second-order valence-corrected chi connectivity index (χ2v) is 7.09. The molecule has 3 rings (SSSR count). The van der Waals surface area contributed by atoms with Crippen LogP contribution in [0.1, 0.15) is 29.3 Å². The van der Waals surface area contributed by atoms with Gasteiger partial charge in [0.15, 0.2) is 5.43 Å². The number of fused-ring (bicyclic) bond motifs is 1. The van der Waals surface area contributed by atoms with E-state index in [2.05, 4.69) is 31.0 Å². The lowest BCUT2D eigenvalue weighted by Crippen LogP contribution is -3.27. The molecule has 1 aliphatic rings. The standard InChI is InChI=1S/C19H27N3O/c1-5-21-6-8-22(9-7-21)12-16-15(4)20-17-11-13(2)10-14(3)18(17)19(16)23/h10-11H,5-9,12H2,1-4H3,(H,20,23)/p+2. The van der Waals surface area contributed by atoms with Gasteiger partial charge in [-0.1, -0.05) is 6.07 Å². The minimum absolute atomic E-state index is 0.228. The van der Waals surface area contributed by atoms with Crippen molar-refractivity contribution in [3.8, 4) is 0 Å². The first-order valence-corrected chi connectivity index (χ1v) is 8.79. The van der Waals surface area contributed by atoms with Crippen molar-refractivity contribution in [1.82, 2.24) is 4.98 Å². The maximum absolute atomic E-state index is 13.0. The summed E-state index contributed by atoms with van der Waals surface area (Å²) in [5.41, 5.74) is 5.49. The van der Waals surface area contributed by atoms with Crippen molar-refractivity contribution >= 4 is 10.9 Å². The molecule has 1 aromatic carbocycles. The molecule has 2 aromatic rings. The first-order chi connectivity index (χ1) is 11.0. The molecule has 1 fully saturated rings. The van der Waals surface area contributed by atoms with E-state index in [0.29, 0.717) is 0 Å². The molecule has 0 atom stereocenters. The van der Waals surface area contributed by atoms with Gasteiger partial charge in [0.05, 0.1) is 17.6 Å². The lowest BCUT2D eigenvalue weighted by molar-refractivity contribution is -1.02. The Bertz CT molecular complexity index is 770. The van der Waals surface area contributed by atoms with Crippen LogP contribution in [0, 0.1) is 20.8 Å². The molecule has 0 aliphatic carbocycles. The second-order valence-electron chi connectivity index (χ2n) is 7.09. The highest BCUT2D eigenvalue weighted by molar-refractivity contribution is 5.83. The molecule has 2 heterocycles. The minimum Gasteiger partial charge on any atom is -0.358 e. The molecule has 0 saturated carbocycles. The number of aryl methyl sites for hydroxylation is 3. The van der Waals surface area contributed by atoms with Crippen LogP contribution in [0.5, 0.6) is 0 Å². The van der Waals surface area contributed by atoms with Gasteiger partial charge in [0.25, 0.3) is 0 Å². The molecule has 0 radical (unpaired) electrons. The summed E-state index contributed by atoms with van der Waals surface area (Å²) < 4.78 is 0. The second kappa shape index (κ2) is 6.46. The number of benzene rings is 1. The highest BCUT2D eigenvalue weighted by Crippen LogP contribution is 2.17. The molecule has 1 aliphatic heterocycles. The van der Waals surface area contributed by atoms with Crippen molar-refractivity contribution in [3.63, 3.8) is 0 Å². The summed E-state index contributed by atoms with van der Waals surface area (Å²) in [7, 11) is 0. The van der Waals surface area contributed by atoms with E-state index in [0.717, 1.165) is 47.4 Å². The van der Waals surface area contributed by atoms with Crippen molar-refractivity contribution in [2.24, 2.45) is 0 Å². The van der Waals surface area contributed by atoms with Gasteiger partial charge in [0.2, 0.25) is 0 Å². The minimum atomic E-state index is 0.228. The molecule has 0 spiro atoms. The van der Waals surface area contributed by atoms with Crippen LogP contribution < -0.4 is 15.2 Å². The number of piperazine rings is 1. The van der Waals surface area contributed by atoms with Gasteiger partial charge >= 0.3 is 0 Å². The van der Waals surface area contributed by atoms with Gasteiger partial charge in [-0.05, 0) is 44.9 Å². The highest BCUT2D eigenvalue weighted by atomic mass is 16.1. The Morgan fingerprint density at radius 2 is 1.70 bits per heavy atom. The fourth-order valence-electron chi connectivity index (χ4n) is 3.92. The molecule has 1 aromatic heterocycles. The molecule has 3 N–H and O–H groups in total. The number of hydrogen-bond donors (Lipinski definition) is 3. The number of rotatable bonds is 3. The summed E-state index contributed by atoms with van der Waals surface area (Å²) in [4.78, 5) is 19.7. The van der Waals surface area contributed by atoms with Gasteiger partial charge in [0, 0.05) is 11.1 Å². The number of hydrogen-bond acceptors (Lipinski definition) is 1. The number of nitrogens with one attached hydrogen (secondary N) is 3. The molecule has 0 bridgehead atoms. The Kier molecular flexibility index (Phi) is 4.55. The van der Waals surface area contributed by atoms with E-state index in [1.54, 1.807) is 9.80 Å². The number of H-pyrrole nitrogens is 1. The first kappa shape index (κ1) is 16.2. The van der Waals surface area contributed by atoms with Crippen molar-refractivity contribution in [2.75, 3.05) is 32.7 Å². The lowest BCUT2D eigenvalue weighted by atomic mass is 10.0. The third-order valence-corrected chi connectivity index (χ3v) is 5.35. The summed E-state index contributed by atoms with van der Waals surface area (Å²) in [5.74, 6) is 0. The quantitative estimate of drug-likeness (QED) is 0.719. The van der Waals surface area contributed by atoms with Gasteiger partial charge in [-0.2, -0.15) is 0 Å². The molecule has 0 amide bonds. The van der Waals surface area contributed by atoms with Crippen LogP contribution in [0.2, 0.25) is 0 Å². The Labute approximate surface area is 138 Å². The number of aromatic nitrogens is 1. The zero-order valence-electron chi connectivity index (χ0n) is 14.8. The molecular formula is C19H29N3O+2. The van der Waals surface area contributed by atoms with Crippen LogP contribution >= 0.6 is 0 Å². The highest BCUT2D eigenvalue weighted by Gasteiger charge is 2.24. The average molecular weight is 315 g/mol. The first-order valence-electron chi connectivity index (χ1n) is 8.79. The Morgan fingerprint density at radius 3 is 2.35 bits per heavy atom. The van der Waals surface area contributed by atoms with Gasteiger partial charge < -0.3 is 14.8 Å². The average Bonchev–Trinajstić information content (AvgIpc) is 2.51. The predicted octanol–water partition coefficient (Wildman–Crippen LogP) is -0.243. The Hall–Kier alpha value is -1.65. The van der Waals surface area contributed by atoms with Crippen molar-refractivity contribution in [3.05, 3.63) is 44.7 Å². The van der Waals surface area contributed by atoms with E-state index < -0.39 is 0 Å². The summed E-state index contributed by atoms with van der Waals surface area (Å²) in [5, 5.41) is 0.869. The van der Waals surface area contributed by atoms with Gasteiger partial charge in [-0.25, -0.2) is 0 Å². The summed E-state index contributed by atoms with van der Waals surface area (Å²) in [6.07, 6.45) is 0. The monoisotopic (exact) mass is 315 g/mol. The van der Waals surface area contributed by atoms with E-state index in [1.165, 1.54) is 25.2 Å². The predicted molar refractivity (Wildman–Crippen MR) is 94.4 cm³/mol. The zero-order valence-corrected chi connectivity index (χ0v) is 14.8. The van der Waals surface area contributed by atoms with Gasteiger partial charge in [-0.3, -0.25) is 4.79 Å². The number of likely N-dealkylation sites (N-methyl/N-ethyl adjacent to an activating group) is 1. The zero-order chi connectivity index (χ0) is 16.6. The maximum Gasteiger partial charge on any atom is 0.198 e. The fraction of sp³-hybridized carbons (Fsp3) is 0.526. The summed E-state index contributed by atoms with van der Waals surface area (Å²) in [6, 6.07) is 4.18. The molecule has 0 unspecified atom stereocenters. The van der Waals surface area contributed by atoms with E-state index >= 15 is 0 Å². The van der Waals surface area contributed by atoms with Crippen molar-refractivity contribution in [2.45, 2.75) is 34.2 Å². The smallest absolute Gasteiger partial charge is 0.198 e. The molecule has 23 heavy (non-hydrogen) atoms. The van der Waals surface area contributed by atoms with E-state index in [9.17, 15) is 4.79 Å². The van der Waals surface area contributed by atoms with E-state index in [4.69, 9.17) is 0 Å². The van der Waals surface area contributed by atoms with Gasteiger partial charge in [-0.15, -0.1) is 0 Å². The number of aromatic amines is 1. The van der Waals surface area contributed by atoms with Crippen LogP contribution in [-0.4, -0.2) is 37.7 Å². The molecule has 124 valence electrons. The molecule has 4 nitrogen and oxygen atoms in total. The van der Waals surface area contributed by atoms with Gasteiger partial charge in [0.1, 0.15) is 32.7 Å². The summed E-state index contributed by atoms with van der Waals surface area (Å²) >= 11 is 0. The maximum atomic E-state index is 13.0. The third kappa shape index (κ3) is 3.19. The van der Waals surface area contributed by atoms with Crippen molar-refractivity contribution < 1.29 is 9.80 Å². The van der Waals surface area contributed by atoms with Crippen LogP contribution in [0.15, 0.2) is 16.9 Å². The topological polar surface area (TPSA) is 41.7 Å². The third-order valence-electron chi connectivity index (χ3n) is 5.35. The van der Waals surface area contributed by atoms with Crippen molar-refractivity contribution in [1.29, 1.82) is 0 Å². The molecular weight excluding hydrogens is 286 g/mol.